The summed E-state index contributed by atoms with van der Waals surface area (Å²) in [5, 5.41) is 1.21. The zero-order valence-electron chi connectivity index (χ0n) is 17.6. The molecule has 2 aromatic carbocycles. The van der Waals surface area contributed by atoms with Crippen LogP contribution in [0.15, 0.2) is 72.9 Å². The van der Waals surface area contributed by atoms with Crippen molar-refractivity contribution in [1.29, 1.82) is 0 Å². The molecule has 0 radical (unpaired) electrons. The second-order valence-corrected chi connectivity index (χ2v) is 7.57. The molecule has 0 aliphatic carbocycles. The quantitative estimate of drug-likeness (QED) is 0.421. The Hall–Kier alpha value is -3.40. The van der Waals surface area contributed by atoms with Gasteiger partial charge >= 0.3 is 0 Å². The molecule has 2 heterocycles. The summed E-state index contributed by atoms with van der Waals surface area (Å²) in [6.07, 6.45) is 3.95. The van der Waals surface area contributed by atoms with E-state index in [-0.39, 0.29) is 5.91 Å². The number of hydrogen-bond acceptors (Lipinski definition) is 2. The van der Waals surface area contributed by atoms with Crippen molar-refractivity contribution in [2.75, 3.05) is 11.4 Å². The summed E-state index contributed by atoms with van der Waals surface area (Å²) in [6.45, 7) is 4.76. The van der Waals surface area contributed by atoms with Gasteiger partial charge in [-0.3, -0.25) is 9.78 Å². The zero-order valence-corrected chi connectivity index (χ0v) is 17.6. The lowest BCUT2D eigenvalue weighted by atomic mass is 10.0. The predicted molar refractivity (Wildman–Crippen MR) is 124 cm³/mol. The van der Waals surface area contributed by atoms with E-state index in [0.717, 1.165) is 41.0 Å². The number of hydrogen-bond donors (Lipinski definition) is 1. The van der Waals surface area contributed by atoms with E-state index in [9.17, 15) is 4.79 Å². The number of carbonyl (C=O) groups excluding carboxylic acids is 1. The number of pyridine rings is 1. The molecular formula is C26H27N3O. The molecule has 0 saturated carbocycles. The van der Waals surface area contributed by atoms with E-state index in [1.165, 1.54) is 10.9 Å². The highest BCUT2D eigenvalue weighted by molar-refractivity contribution is 5.93. The van der Waals surface area contributed by atoms with Crippen molar-refractivity contribution >= 4 is 22.5 Å². The van der Waals surface area contributed by atoms with Crippen molar-refractivity contribution in [3.05, 3.63) is 84.1 Å². The number of nitrogens with one attached hydrogen (secondary N) is 1. The molecule has 4 heteroatoms. The van der Waals surface area contributed by atoms with Crippen molar-refractivity contribution < 1.29 is 4.79 Å². The number of H-pyrrole nitrogens is 1. The second kappa shape index (κ2) is 8.95. The van der Waals surface area contributed by atoms with Gasteiger partial charge in [-0.05, 0) is 68.1 Å². The van der Waals surface area contributed by atoms with Crippen LogP contribution in [0.3, 0.4) is 0 Å². The smallest absolute Gasteiger partial charge is 0.226 e. The first-order valence-electron chi connectivity index (χ1n) is 10.6. The SMILES string of the molecule is CCN(C(=O)CCCc1c(-c2ccccn2)[nH]c2ccccc12)c1cccc(C)c1. The number of aromatic amines is 1. The number of amides is 1. The first kappa shape index (κ1) is 19.9. The van der Waals surface area contributed by atoms with Crippen LogP contribution in [0.2, 0.25) is 0 Å². The Morgan fingerprint density at radius 2 is 1.87 bits per heavy atom. The molecular weight excluding hydrogens is 370 g/mol. The second-order valence-electron chi connectivity index (χ2n) is 7.57. The van der Waals surface area contributed by atoms with Crippen LogP contribution in [-0.4, -0.2) is 22.4 Å². The Kier molecular flexibility index (Phi) is 5.94. The molecule has 0 spiro atoms. The number of para-hydroxylation sites is 1. The molecule has 0 bridgehead atoms. The van der Waals surface area contributed by atoms with Crippen molar-refractivity contribution in [2.45, 2.75) is 33.1 Å². The van der Waals surface area contributed by atoms with Gasteiger partial charge < -0.3 is 9.88 Å². The summed E-state index contributed by atoms with van der Waals surface area (Å²) in [4.78, 5) is 22.9. The molecule has 0 atom stereocenters. The maximum absolute atomic E-state index is 12.9. The number of aromatic nitrogens is 2. The molecule has 1 amide bonds. The van der Waals surface area contributed by atoms with Crippen LogP contribution in [0.25, 0.3) is 22.3 Å². The van der Waals surface area contributed by atoms with Crippen LogP contribution in [0.1, 0.15) is 30.9 Å². The molecule has 0 saturated heterocycles. The Bertz CT molecular complexity index is 1150. The van der Waals surface area contributed by atoms with E-state index in [1.54, 1.807) is 0 Å². The zero-order chi connectivity index (χ0) is 20.9. The number of benzene rings is 2. The molecule has 2 aromatic heterocycles. The number of rotatable bonds is 7. The van der Waals surface area contributed by atoms with Crippen LogP contribution < -0.4 is 4.90 Å². The summed E-state index contributed by atoms with van der Waals surface area (Å²) in [7, 11) is 0. The first-order valence-corrected chi connectivity index (χ1v) is 10.6. The summed E-state index contributed by atoms with van der Waals surface area (Å²) in [5.41, 5.74) is 6.46. The highest BCUT2D eigenvalue weighted by atomic mass is 16.2. The highest BCUT2D eigenvalue weighted by Gasteiger charge is 2.17. The van der Waals surface area contributed by atoms with Gasteiger partial charge in [0.25, 0.3) is 0 Å². The summed E-state index contributed by atoms with van der Waals surface area (Å²) < 4.78 is 0. The minimum Gasteiger partial charge on any atom is -0.353 e. The largest absolute Gasteiger partial charge is 0.353 e. The average Bonchev–Trinajstić information content (AvgIpc) is 3.14. The number of fused-ring (bicyclic) bond motifs is 1. The lowest BCUT2D eigenvalue weighted by molar-refractivity contribution is -0.118. The average molecular weight is 398 g/mol. The Morgan fingerprint density at radius 3 is 2.63 bits per heavy atom. The van der Waals surface area contributed by atoms with Crippen molar-refractivity contribution in [1.82, 2.24) is 9.97 Å². The molecule has 4 rings (SSSR count). The van der Waals surface area contributed by atoms with E-state index in [4.69, 9.17) is 0 Å². The fourth-order valence-electron chi connectivity index (χ4n) is 4.04. The molecule has 4 nitrogen and oxygen atoms in total. The number of nitrogens with zero attached hydrogens (tertiary/aromatic N) is 2. The Balaban J connectivity index is 1.53. The van der Waals surface area contributed by atoms with Gasteiger partial charge in [0.1, 0.15) is 0 Å². The minimum absolute atomic E-state index is 0.169. The van der Waals surface area contributed by atoms with Crippen molar-refractivity contribution in [3.63, 3.8) is 0 Å². The molecule has 1 N–H and O–H groups in total. The van der Waals surface area contributed by atoms with E-state index in [1.807, 2.05) is 54.4 Å². The summed E-state index contributed by atoms with van der Waals surface area (Å²) in [5.74, 6) is 0.169. The lowest BCUT2D eigenvalue weighted by Gasteiger charge is -2.21. The molecule has 0 aliphatic rings. The standard InChI is InChI=1S/C26H27N3O/c1-3-29(20-11-8-10-19(2)18-20)25(30)16-9-13-22-21-12-4-5-14-23(21)28-26(22)24-15-6-7-17-27-24/h4-8,10-12,14-15,17-18,28H,3,9,13,16H2,1-2H3. The van der Waals surface area contributed by atoms with Gasteiger partial charge in [0.15, 0.2) is 0 Å². The van der Waals surface area contributed by atoms with E-state index in [2.05, 4.69) is 47.2 Å². The third-order valence-electron chi connectivity index (χ3n) is 5.48. The van der Waals surface area contributed by atoms with Crippen molar-refractivity contribution in [2.24, 2.45) is 0 Å². The normalized spacial score (nSPS) is 11.0. The number of aryl methyl sites for hydroxylation is 2. The van der Waals surface area contributed by atoms with Gasteiger partial charge in [-0.25, -0.2) is 0 Å². The lowest BCUT2D eigenvalue weighted by Crippen LogP contribution is -2.30. The van der Waals surface area contributed by atoms with Crippen LogP contribution in [0.5, 0.6) is 0 Å². The molecule has 30 heavy (non-hydrogen) atoms. The van der Waals surface area contributed by atoms with Gasteiger partial charge in [-0.15, -0.1) is 0 Å². The number of carbonyl (C=O) groups is 1. The van der Waals surface area contributed by atoms with E-state index in [0.29, 0.717) is 13.0 Å². The maximum atomic E-state index is 12.9. The number of anilines is 1. The van der Waals surface area contributed by atoms with Gasteiger partial charge in [0, 0.05) is 35.8 Å². The molecule has 0 fully saturated rings. The van der Waals surface area contributed by atoms with Crippen LogP contribution in [0, 0.1) is 6.92 Å². The molecule has 0 aliphatic heterocycles. The maximum Gasteiger partial charge on any atom is 0.226 e. The fourth-order valence-corrected chi connectivity index (χ4v) is 4.04. The third kappa shape index (κ3) is 4.13. The van der Waals surface area contributed by atoms with Crippen LogP contribution in [0.4, 0.5) is 5.69 Å². The Labute approximate surface area is 177 Å². The van der Waals surface area contributed by atoms with Crippen LogP contribution >= 0.6 is 0 Å². The van der Waals surface area contributed by atoms with Crippen LogP contribution in [-0.2, 0) is 11.2 Å². The van der Waals surface area contributed by atoms with E-state index >= 15 is 0 Å². The highest BCUT2D eigenvalue weighted by Crippen LogP contribution is 2.30. The summed E-state index contributed by atoms with van der Waals surface area (Å²) >= 11 is 0. The van der Waals surface area contributed by atoms with Gasteiger partial charge in [-0.2, -0.15) is 0 Å². The predicted octanol–water partition coefficient (Wildman–Crippen LogP) is 5.91. The molecule has 4 aromatic rings. The monoisotopic (exact) mass is 397 g/mol. The van der Waals surface area contributed by atoms with E-state index < -0.39 is 0 Å². The van der Waals surface area contributed by atoms with Gasteiger partial charge in [0.2, 0.25) is 5.91 Å². The molecule has 152 valence electrons. The Morgan fingerprint density at radius 1 is 1.03 bits per heavy atom. The first-order chi connectivity index (χ1) is 14.7. The topological polar surface area (TPSA) is 49.0 Å². The van der Waals surface area contributed by atoms with Crippen molar-refractivity contribution in [3.8, 4) is 11.4 Å². The third-order valence-corrected chi connectivity index (χ3v) is 5.48. The van der Waals surface area contributed by atoms with Gasteiger partial charge in [-0.1, -0.05) is 36.4 Å². The summed E-state index contributed by atoms with van der Waals surface area (Å²) in [6, 6.07) is 22.4. The van der Waals surface area contributed by atoms with Gasteiger partial charge in [0.05, 0.1) is 11.4 Å². The minimum atomic E-state index is 0.169. The molecule has 0 unspecified atom stereocenters. The fraction of sp³-hybridized carbons (Fsp3) is 0.231.